The van der Waals surface area contributed by atoms with Crippen LogP contribution in [-0.4, -0.2) is 28.1 Å². The molecule has 2 heterocycles. The third-order valence-electron chi connectivity index (χ3n) is 4.28. The number of amides is 2. The van der Waals surface area contributed by atoms with Gasteiger partial charge in [0.2, 0.25) is 0 Å². The van der Waals surface area contributed by atoms with Crippen molar-refractivity contribution in [3.63, 3.8) is 0 Å². The lowest BCUT2D eigenvalue weighted by molar-refractivity contribution is -0.188. The number of aromatic nitrogens is 1. The number of hydroxylamine groups is 2. The summed E-state index contributed by atoms with van der Waals surface area (Å²) in [6, 6.07) is 16.1. The second-order valence-electron chi connectivity index (χ2n) is 6.00. The number of rotatable bonds is 4. The van der Waals surface area contributed by atoms with Crippen molar-refractivity contribution in [1.29, 1.82) is 0 Å². The first kappa shape index (κ1) is 15.3. The van der Waals surface area contributed by atoms with Crippen molar-refractivity contribution in [2.75, 3.05) is 0 Å². The zero-order valence-electron chi connectivity index (χ0n) is 13.4. The van der Waals surface area contributed by atoms with Crippen LogP contribution in [0.25, 0.3) is 10.9 Å². The number of hydrogen-bond acceptors (Lipinski definition) is 3. The summed E-state index contributed by atoms with van der Waals surface area (Å²) in [7, 11) is 0. The van der Waals surface area contributed by atoms with Gasteiger partial charge in [-0.3, -0.25) is 0 Å². The second-order valence-corrected chi connectivity index (χ2v) is 6.00. The number of aromatic amines is 1. The lowest BCUT2D eigenvalue weighted by atomic mass is 10.0. The Morgan fingerprint density at radius 3 is 2.60 bits per heavy atom. The molecule has 0 radical (unpaired) electrons. The zero-order valence-corrected chi connectivity index (χ0v) is 13.4. The van der Waals surface area contributed by atoms with Gasteiger partial charge in [-0.1, -0.05) is 48.5 Å². The highest BCUT2D eigenvalue weighted by molar-refractivity contribution is 5.89. The maximum atomic E-state index is 12.3. The summed E-state index contributed by atoms with van der Waals surface area (Å²) in [6.07, 6.45) is 2.24. The monoisotopic (exact) mass is 335 g/mol. The Labute approximate surface area is 144 Å². The van der Waals surface area contributed by atoms with Gasteiger partial charge in [-0.15, -0.1) is 5.06 Å². The summed E-state index contributed by atoms with van der Waals surface area (Å²) in [4.78, 5) is 33.0. The van der Waals surface area contributed by atoms with Crippen LogP contribution in [0.2, 0.25) is 0 Å². The maximum absolute atomic E-state index is 12.3. The van der Waals surface area contributed by atoms with Gasteiger partial charge >= 0.3 is 12.0 Å². The third kappa shape index (κ3) is 3.06. The maximum Gasteiger partial charge on any atom is 0.355 e. The molecule has 126 valence electrons. The van der Waals surface area contributed by atoms with Crippen LogP contribution in [0.3, 0.4) is 0 Å². The van der Waals surface area contributed by atoms with Gasteiger partial charge in [0.15, 0.2) is 0 Å². The quantitative estimate of drug-likeness (QED) is 0.770. The van der Waals surface area contributed by atoms with Crippen molar-refractivity contribution < 1.29 is 14.4 Å². The molecular formula is C19H17N3O3. The van der Waals surface area contributed by atoms with E-state index in [1.54, 1.807) is 0 Å². The van der Waals surface area contributed by atoms with E-state index in [4.69, 9.17) is 4.84 Å². The van der Waals surface area contributed by atoms with Crippen LogP contribution in [0, 0.1) is 0 Å². The van der Waals surface area contributed by atoms with E-state index in [-0.39, 0.29) is 6.54 Å². The molecule has 1 aliphatic heterocycles. The first-order valence-corrected chi connectivity index (χ1v) is 8.09. The molecule has 2 N–H and O–H groups in total. The first-order chi connectivity index (χ1) is 12.2. The number of nitrogens with zero attached hydrogens (tertiary/aromatic N) is 1. The topological polar surface area (TPSA) is 74.4 Å². The fraction of sp³-hybridized carbons (Fsp3) is 0.158. The minimum Gasteiger partial charge on any atom is -0.361 e. The minimum atomic E-state index is -0.696. The highest BCUT2D eigenvalue weighted by Crippen LogP contribution is 2.21. The predicted octanol–water partition coefficient (Wildman–Crippen LogP) is 2.76. The average Bonchev–Trinajstić information content (AvgIpc) is 3.03. The molecule has 1 fully saturated rings. The van der Waals surface area contributed by atoms with Gasteiger partial charge in [-0.25, -0.2) is 9.59 Å². The Balaban J connectivity index is 1.47. The molecule has 2 amide bonds. The molecule has 1 atom stereocenters. The summed E-state index contributed by atoms with van der Waals surface area (Å²) >= 11 is 0. The number of carbonyl (C=O) groups excluding carboxylic acids is 2. The normalized spacial score (nSPS) is 17.4. The summed E-state index contributed by atoms with van der Waals surface area (Å²) in [5.74, 6) is -0.458. The number of para-hydroxylation sites is 1. The smallest absolute Gasteiger partial charge is 0.355 e. The van der Waals surface area contributed by atoms with Crippen LogP contribution in [0.1, 0.15) is 11.1 Å². The molecule has 4 rings (SSSR count). The molecule has 0 aliphatic carbocycles. The molecule has 3 aromatic rings. The van der Waals surface area contributed by atoms with E-state index in [2.05, 4.69) is 10.3 Å². The Kier molecular flexibility index (Phi) is 3.85. The van der Waals surface area contributed by atoms with E-state index >= 15 is 0 Å². The largest absolute Gasteiger partial charge is 0.361 e. The van der Waals surface area contributed by atoms with Crippen molar-refractivity contribution in [3.05, 3.63) is 71.9 Å². The predicted molar refractivity (Wildman–Crippen MR) is 92.4 cm³/mol. The van der Waals surface area contributed by atoms with Crippen LogP contribution >= 0.6 is 0 Å². The fourth-order valence-electron chi connectivity index (χ4n) is 3.00. The number of nitrogens with one attached hydrogen (secondary N) is 2. The van der Waals surface area contributed by atoms with Crippen LogP contribution in [0.15, 0.2) is 60.8 Å². The van der Waals surface area contributed by atoms with Crippen molar-refractivity contribution in [2.24, 2.45) is 0 Å². The molecule has 1 saturated heterocycles. The molecule has 0 bridgehead atoms. The molecule has 1 aliphatic rings. The lowest BCUT2D eigenvalue weighted by Gasteiger charge is -2.30. The standard InChI is InChI=1S/C19H17N3O3/c23-18-17(10-14-11-20-16-9-5-4-8-15(14)16)21-19(24)22(25-18)12-13-6-2-1-3-7-13/h1-9,11,17,20H,10,12H2,(H,21,24)/t17-/m0/s1. The van der Waals surface area contributed by atoms with Gasteiger partial charge in [0.05, 0.1) is 6.54 Å². The third-order valence-corrected chi connectivity index (χ3v) is 4.28. The van der Waals surface area contributed by atoms with Gasteiger partial charge < -0.3 is 15.1 Å². The molecule has 1 aromatic heterocycles. The van der Waals surface area contributed by atoms with Gasteiger partial charge in [0, 0.05) is 23.5 Å². The van der Waals surface area contributed by atoms with E-state index in [1.807, 2.05) is 60.8 Å². The number of H-pyrrole nitrogens is 1. The van der Waals surface area contributed by atoms with Crippen molar-refractivity contribution >= 4 is 22.9 Å². The van der Waals surface area contributed by atoms with Crippen LogP contribution in [-0.2, 0) is 22.6 Å². The Morgan fingerprint density at radius 2 is 1.76 bits per heavy atom. The SMILES string of the molecule is O=C1ON(Cc2ccccc2)C(=O)N[C@H]1Cc1c[nH]c2ccccc12. The second kappa shape index (κ2) is 6.32. The van der Waals surface area contributed by atoms with E-state index in [9.17, 15) is 9.59 Å². The van der Waals surface area contributed by atoms with Crippen LogP contribution in [0.5, 0.6) is 0 Å². The number of urea groups is 1. The molecular weight excluding hydrogens is 318 g/mol. The average molecular weight is 335 g/mol. The number of carbonyl (C=O) groups is 2. The molecule has 2 aromatic carbocycles. The number of hydrogen-bond donors (Lipinski definition) is 2. The zero-order chi connectivity index (χ0) is 17.2. The number of fused-ring (bicyclic) bond motifs is 1. The first-order valence-electron chi connectivity index (χ1n) is 8.09. The van der Waals surface area contributed by atoms with E-state index in [1.165, 1.54) is 0 Å². The van der Waals surface area contributed by atoms with Gasteiger partial charge in [-0.2, -0.15) is 0 Å². The lowest BCUT2D eigenvalue weighted by Crippen LogP contribution is -2.56. The highest BCUT2D eigenvalue weighted by atomic mass is 16.7. The minimum absolute atomic E-state index is 0.220. The molecule has 25 heavy (non-hydrogen) atoms. The van der Waals surface area contributed by atoms with Crippen LogP contribution < -0.4 is 5.32 Å². The molecule has 0 spiro atoms. The highest BCUT2D eigenvalue weighted by Gasteiger charge is 2.34. The summed E-state index contributed by atoms with van der Waals surface area (Å²) in [6.45, 7) is 0.220. The van der Waals surface area contributed by atoms with Gasteiger partial charge in [0.25, 0.3) is 0 Å². The van der Waals surface area contributed by atoms with Crippen molar-refractivity contribution in [3.8, 4) is 0 Å². The number of benzene rings is 2. The van der Waals surface area contributed by atoms with Gasteiger partial charge in [0.1, 0.15) is 6.04 Å². The van der Waals surface area contributed by atoms with Crippen LogP contribution in [0.4, 0.5) is 4.79 Å². The summed E-state index contributed by atoms with van der Waals surface area (Å²) in [5, 5.41) is 4.84. The van der Waals surface area contributed by atoms with Crippen molar-refractivity contribution in [1.82, 2.24) is 15.4 Å². The Bertz CT molecular complexity index is 920. The van der Waals surface area contributed by atoms with E-state index in [0.29, 0.717) is 6.42 Å². The van der Waals surface area contributed by atoms with Gasteiger partial charge in [-0.05, 0) is 17.2 Å². The molecule has 0 unspecified atom stereocenters. The van der Waals surface area contributed by atoms with Crippen molar-refractivity contribution in [2.45, 2.75) is 19.0 Å². The molecule has 0 saturated carbocycles. The molecule has 6 heteroatoms. The van der Waals surface area contributed by atoms with E-state index in [0.717, 1.165) is 27.1 Å². The van der Waals surface area contributed by atoms with E-state index < -0.39 is 18.0 Å². The Morgan fingerprint density at radius 1 is 1.00 bits per heavy atom. The molecule has 6 nitrogen and oxygen atoms in total. The fourth-order valence-corrected chi connectivity index (χ4v) is 3.00. The Hall–Kier alpha value is -3.28. The summed E-state index contributed by atoms with van der Waals surface area (Å²) < 4.78 is 0. The summed E-state index contributed by atoms with van der Waals surface area (Å²) in [5.41, 5.74) is 2.86.